The average molecular weight is 313 g/mol. The van der Waals surface area contributed by atoms with Gasteiger partial charge >= 0.3 is 5.97 Å². The minimum atomic E-state index is -3.37. The fraction of sp³-hybridized carbons (Fsp3) is 0.429. The van der Waals surface area contributed by atoms with Crippen LogP contribution in [0.15, 0.2) is 29.2 Å². The molecule has 0 heterocycles. The van der Waals surface area contributed by atoms with Crippen molar-refractivity contribution < 1.29 is 22.7 Å². The van der Waals surface area contributed by atoms with Gasteiger partial charge in [0.05, 0.1) is 17.9 Å². The van der Waals surface area contributed by atoms with Gasteiger partial charge in [-0.1, -0.05) is 13.0 Å². The number of amides is 1. The van der Waals surface area contributed by atoms with Crippen molar-refractivity contribution in [2.24, 2.45) is 5.92 Å². The molecule has 0 spiro atoms. The third-order valence-electron chi connectivity index (χ3n) is 3.01. The molecule has 21 heavy (non-hydrogen) atoms. The highest BCUT2D eigenvalue weighted by Gasteiger charge is 2.20. The number of carbonyl (C=O) groups excluding carboxylic acids is 2. The molecule has 0 aliphatic heterocycles. The third kappa shape index (κ3) is 4.56. The number of sulfone groups is 1. The highest BCUT2D eigenvalue weighted by Crippen LogP contribution is 2.13. The molecule has 0 aliphatic carbocycles. The summed E-state index contributed by atoms with van der Waals surface area (Å²) in [7, 11) is -0.531. The summed E-state index contributed by atoms with van der Waals surface area (Å²) in [6.45, 7) is 1.84. The summed E-state index contributed by atoms with van der Waals surface area (Å²) in [6.07, 6.45) is 1.08. The van der Waals surface area contributed by atoms with Gasteiger partial charge in [-0.05, 0) is 18.2 Å². The van der Waals surface area contributed by atoms with Crippen molar-refractivity contribution >= 4 is 21.7 Å². The van der Waals surface area contributed by atoms with Crippen LogP contribution in [-0.4, -0.2) is 52.2 Å². The maximum Gasteiger partial charge on any atom is 0.310 e. The van der Waals surface area contributed by atoms with Crippen LogP contribution in [0.25, 0.3) is 0 Å². The topological polar surface area (TPSA) is 80.8 Å². The predicted molar refractivity (Wildman–Crippen MR) is 77.7 cm³/mol. The largest absolute Gasteiger partial charge is 0.469 e. The SMILES string of the molecule is COC(=O)C(C)CN(C)C(=O)c1cccc(S(C)(=O)=O)c1. The van der Waals surface area contributed by atoms with Crippen LogP contribution in [0.4, 0.5) is 0 Å². The summed E-state index contributed by atoms with van der Waals surface area (Å²) in [5, 5.41) is 0. The van der Waals surface area contributed by atoms with Gasteiger partial charge in [0, 0.05) is 25.4 Å². The van der Waals surface area contributed by atoms with Crippen molar-refractivity contribution in [2.75, 3.05) is 27.0 Å². The average Bonchev–Trinajstić information content (AvgIpc) is 2.44. The fourth-order valence-corrected chi connectivity index (χ4v) is 2.52. The second kappa shape index (κ2) is 6.71. The van der Waals surface area contributed by atoms with E-state index in [4.69, 9.17) is 0 Å². The van der Waals surface area contributed by atoms with Gasteiger partial charge in [-0.25, -0.2) is 8.42 Å². The molecule has 0 fully saturated rings. The van der Waals surface area contributed by atoms with Gasteiger partial charge in [0.1, 0.15) is 0 Å². The number of hydrogen-bond donors (Lipinski definition) is 0. The number of methoxy groups -OCH3 is 1. The lowest BCUT2D eigenvalue weighted by Gasteiger charge is -2.20. The zero-order valence-corrected chi connectivity index (χ0v) is 13.3. The van der Waals surface area contributed by atoms with E-state index in [0.717, 1.165) is 6.26 Å². The summed E-state index contributed by atoms with van der Waals surface area (Å²) < 4.78 is 27.6. The van der Waals surface area contributed by atoms with Crippen molar-refractivity contribution in [3.63, 3.8) is 0 Å². The Morgan fingerprint density at radius 2 is 1.95 bits per heavy atom. The summed E-state index contributed by atoms with van der Waals surface area (Å²) >= 11 is 0. The minimum absolute atomic E-state index is 0.0859. The molecule has 0 bridgehead atoms. The van der Waals surface area contributed by atoms with Crippen LogP contribution in [0.2, 0.25) is 0 Å². The summed E-state index contributed by atoms with van der Waals surface area (Å²) in [5.74, 6) is -1.21. The second-order valence-corrected chi connectivity index (χ2v) is 6.93. The summed E-state index contributed by atoms with van der Waals surface area (Å²) in [6, 6.07) is 5.82. The molecule has 1 aromatic rings. The lowest BCUT2D eigenvalue weighted by atomic mass is 10.1. The first-order valence-electron chi connectivity index (χ1n) is 6.30. The van der Waals surface area contributed by atoms with E-state index in [1.807, 2.05) is 0 Å². The Morgan fingerprint density at radius 1 is 1.33 bits per heavy atom. The fourth-order valence-electron chi connectivity index (χ4n) is 1.85. The lowest BCUT2D eigenvalue weighted by Crippen LogP contribution is -2.34. The first-order chi connectivity index (χ1) is 9.66. The molecule has 1 aromatic carbocycles. The van der Waals surface area contributed by atoms with Gasteiger partial charge in [0.15, 0.2) is 9.84 Å². The Kier molecular flexibility index (Phi) is 5.48. The van der Waals surface area contributed by atoms with Crippen LogP contribution in [0, 0.1) is 5.92 Å². The molecule has 0 saturated heterocycles. The molecule has 1 amide bonds. The standard InChI is InChI=1S/C14H19NO5S/c1-10(14(17)20-3)9-15(2)13(16)11-6-5-7-12(8-11)21(4,18)19/h5-8,10H,9H2,1-4H3. The Hall–Kier alpha value is -1.89. The van der Waals surface area contributed by atoms with E-state index < -0.39 is 21.7 Å². The number of esters is 1. The van der Waals surface area contributed by atoms with Crippen LogP contribution in [0.1, 0.15) is 17.3 Å². The second-order valence-electron chi connectivity index (χ2n) is 4.91. The van der Waals surface area contributed by atoms with Crippen LogP contribution in [-0.2, 0) is 19.4 Å². The van der Waals surface area contributed by atoms with Crippen molar-refractivity contribution in [1.29, 1.82) is 0 Å². The Bertz CT molecular complexity index is 639. The predicted octanol–water partition coefficient (Wildman–Crippen LogP) is 0.971. The van der Waals surface area contributed by atoms with Gasteiger partial charge in [-0.15, -0.1) is 0 Å². The first kappa shape index (κ1) is 17.2. The summed E-state index contributed by atoms with van der Waals surface area (Å²) in [5.41, 5.74) is 0.262. The maximum absolute atomic E-state index is 12.2. The van der Waals surface area contributed by atoms with E-state index in [1.165, 1.54) is 36.3 Å². The number of nitrogens with zero attached hydrogens (tertiary/aromatic N) is 1. The van der Waals surface area contributed by atoms with Gasteiger partial charge in [-0.3, -0.25) is 9.59 Å². The van der Waals surface area contributed by atoms with Gasteiger partial charge in [0.25, 0.3) is 5.91 Å². The third-order valence-corrected chi connectivity index (χ3v) is 4.12. The van der Waals surface area contributed by atoms with Crippen LogP contribution in [0.5, 0.6) is 0 Å². The number of hydrogen-bond acceptors (Lipinski definition) is 5. The molecule has 0 saturated carbocycles. The zero-order valence-electron chi connectivity index (χ0n) is 12.5. The highest BCUT2D eigenvalue weighted by molar-refractivity contribution is 7.90. The molecule has 0 N–H and O–H groups in total. The smallest absolute Gasteiger partial charge is 0.310 e. The summed E-state index contributed by atoms with van der Waals surface area (Å²) in [4.78, 5) is 25.1. The van der Waals surface area contributed by atoms with E-state index in [-0.39, 0.29) is 22.9 Å². The van der Waals surface area contributed by atoms with Crippen LogP contribution in [0.3, 0.4) is 0 Å². The molecule has 1 rings (SSSR count). The normalized spacial score (nSPS) is 12.6. The molecule has 0 aromatic heterocycles. The van der Waals surface area contributed by atoms with E-state index in [0.29, 0.717) is 0 Å². The number of rotatable bonds is 5. The van der Waals surface area contributed by atoms with Crippen molar-refractivity contribution in [1.82, 2.24) is 4.90 Å². The molecule has 7 heteroatoms. The van der Waals surface area contributed by atoms with E-state index in [9.17, 15) is 18.0 Å². The lowest BCUT2D eigenvalue weighted by molar-refractivity contribution is -0.145. The monoisotopic (exact) mass is 313 g/mol. The number of benzene rings is 1. The van der Waals surface area contributed by atoms with Crippen LogP contribution >= 0.6 is 0 Å². The number of ether oxygens (including phenoxy) is 1. The molecule has 6 nitrogen and oxygen atoms in total. The first-order valence-corrected chi connectivity index (χ1v) is 8.19. The molecule has 116 valence electrons. The van der Waals surface area contributed by atoms with Crippen molar-refractivity contribution in [3.8, 4) is 0 Å². The molecule has 1 unspecified atom stereocenters. The van der Waals surface area contributed by atoms with Crippen molar-refractivity contribution in [2.45, 2.75) is 11.8 Å². The Labute approximate surface area is 124 Å². The van der Waals surface area contributed by atoms with E-state index >= 15 is 0 Å². The van der Waals surface area contributed by atoms with E-state index in [2.05, 4.69) is 4.74 Å². The Morgan fingerprint density at radius 3 is 2.48 bits per heavy atom. The van der Waals surface area contributed by atoms with E-state index in [1.54, 1.807) is 14.0 Å². The molecule has 1 atom stereocenters. The maximum atomic E-state index is 12.2. The number of carbonyl (C=O) groups is 2. The zero-order chi connectivity index (χ0) is 16.2. The van der Waals surface area contributed by atoms with Gasteiger partial charge in [0.2, 0.25) is 0 Å². The molecule has 0 radical (unpaired) electrons. The molecular weight excluding hydrogens is 294 g/mol. The van der Waals surface area contributed by atoms with Gasteiger partial charge < -0.3 is 9.64 Å². The molecule has 0 aliphatic rings. The van der Waals surface area contributed by atoms with Gasteiger partial charge in [-0.2, -0.15) is 0 Å². The minimum Gasteiger partial charge on any atom is -0.469 e. The molecular formula is C14H19NO5S. The van der Waals surface area contributed by atoms with Crippen molar-refractivity contribution in [3.05, 3.63) is 29.8 Å². The highest BCUT2D eigenvalue weighted by atomic mass is 32.2. The van der Waals surface area contributed by atoms with Crippen LogP contribution < -0.4 is 0 Å². The Balaban J connectivity index is 2.91. The quantitative estimate of drug-likeness (QED) is 0.757.